The molecule has 3 heterocycles. The topological polar surface area (TPSA) is 69.5 Å². The van der Waals surface area contributed by atoms with Gasteiger partial charge in [-0.2, -0.15) is 4.98 Å². The number of hydrogen-bond donors (Lipinski definition) is 0. The summed E-state index contributed by atoms with van der Waals surface area (Å²) in [5.41, 5.74) is 3.18. The van der Waals surface area contributed by atoms with Crippen molar-refractivity contribution in [1.82, 2.24) is 28.0 Å². The van der Waals surface area contributed by atoms with E-state index in [0.29, 0.717) is 16.9 Å². The fourth-order valence-corrected chi connectivity index (χ4v) is 4.27. The smallest absolute Gasteiger partial charge is 0.313 e. The van der Waals surface area contributed by atoms with Crippen LogP contribution in [0.5, 0.6) is 0 Å². The fraction of sp³-hybridized carbons (Fsp3) is 0.435. The largest absolute Gasteiger partial charge is 0.332 e. The van der Waals surface area contributed by atoms with Crippen LogP contribution < -0.4 is 11.2 Å². The molecular formula is C23H30N6O2. The molecule has 0 aliphatic rings. The SMILES string of the molecule is CCN(CC)CCn1c(C)c(C)n2c3c(=O)n(Cc4ccccc4)c(=O)n(C)c3nc12. The third-order valence-electron chi connectivity index (χ3n) is 6.35. The molecule has 0 N–H and O–H groups in total. The Labute approximate surface area is 181 Å². The van der Waals surface area contributed by atoms with Gasteiger partial charge in [-0.3, -0.25) is 18.3 Å². The zero-order chi connectivity index (χ0) is 22.3. The third-order valence-corrected chi connectivity index (χ3v) is 6.35. The van der Waals surface area contributed by atoms with Gasteiger partial charge in [-0.05, 0) is 32.5 Å². The van der Waals surface area contributed by atoms with Gasteiger partial charge in [0.05, 0.1) is 6.54 Å². The number of likely N-dealkylation sites (N-methyl/N-ethyl adjacent to an activating group) is 1. The molecule has 0 saturated carbocycles. The van der Waals surface area contributed by atoms with Gasteiger partial charge in [0.25, 0.3) is 5.56 Å². The lowest BCUT2D eigenvalue weighted by Crippen LogP contribution is -2.39. The van der Waals surface area contributed by atoms with Crippen LogP contribution in [0.1, 0.15) is 30.8 Å². The minimum atomic E-state index is -0.355. The lowest BCUT2D eigenvalue weighted by atomic mass is 10.2. The van der Waals surface area contributed by atoms with Crippen LogP contribution in [0.2, 0.25) is 0 Å². The van der Waals surface area contributed by atoms with Crippen LogP contribution in [0.15, 0.2) is 39.9 Å². The van der Waals surface area contributed by atoms with Gasteiger partial charge in [0.2, 0.25) is 5.78 Å². The summed E-state index contributed by atoms with van der Waals surface area (Å²) >= 11 is 0. The van der Waals surface area contributed by atoms with E-state index in [2.05, 4.69) is 30.2 Å². The highest BCUT2D eigenvalue weighted by Crippen LogP contribution is 2.20. The van der Waals surface area contributed by atoms with Gasteiger partial charge < -0.3 is 9.47 Å². The summed E-state index contributed by atoms with van der Waals surface area (Å²) < 4.78 is 6.85. The number of rotatable bonds is 7. The average molecular weight is 423 g/mol. The maximum Gasteiger partial charge on any atom is 0.332 e. The predicted molar refractivity (Wildman–Crippen MR) is 123 cm³/mol. The molecule has 0 aliphatic heterocycles. The molecule has 31 heavy (non-hydrogen) atoms. The zero-order valence-corrected chi connectivity index (χ0v) is 18.9. The highest BCUT2D eigenvalue weighted by molar-refractivity contribution is 5.76. The van der Waals surface area contributed by atoms with Gasteiger partial charge in [0.1, 0.15) is 0 Å². The molecule has 4 rings (SSSR count). The van der Waals surface area contributed by atoms with E-state index in [0.717, 1.165) is 43.1 Å². The van der Waals surface area contributed by atoms with E-state index in [9.17, 15) is 9.59 Å². The van der Waals surface area contributed by atoms with Gasteiger partial charge >= 0.3 is 5.69 Å². The van der Waals surface area contributed by atoms with E-state index >= 15 is 0 Å². The lowest BCUT2D eigenvalue weighted by Gasteiger charge is -2.18. The Bertz CT molecular complexity index is 1350. The molecule has 0 spiro atoms. The molecule has 4 aromatic rings. The second kappa shape index (κ2) is 8.19. The van der Waals surface area contributed by atoms with Crippen molar-refractivity contribution in [2.75, 3.05) is 19.6 Å². The van der Waals surface area contributed by atoms with E-state index in [1.807, 2.05) is 41.7 Å². The van der Waals surface area contributed by atoms with Crippen LogP contribution in [-0.2, 0) is 20.1 Å². The number of aromatic nitrogens is 5. The standard InChI is InChI=1S/C23H30N6O2/c1-6-26(7-2)13-14-27-16(3)17(4)29-19-20(24-22(27)29)25(5)23(31)28(21(19)30)15-18-11-9-8-10-12-18/h8-12H,6-7,13-15H2,1-5H3. The molecule has 0 aliphatic carbocycles. The molecule has 8 heteroatoms. The molecule has 0 bridgehead atoms. The first-order chi connectivity index (χ1) is 14.9. The van der Waals surface area contributed by atoms with E-state index in [-0.39, 0.29) is 17.8 Å². The molecule has 0 radical (unpaired) electrons. The second-order valence-electron chi connectivity index (χ2n) is 7.99. The van der Waals surface area contributed by atoms with E-state index in [1.165, 1.54) is 9.13 Å². The average Bonchev–Trinajstić information content (AvgIpc) is 3.28. The van der Waals surface area contributed by atoms with Gasteiger partial charge in [-0.25, -0.2) is 4.79 Å². The van der Waals surface area contributed by atoms with Crippen LogP contribution in [0, 0.1) is 13.8 Å². The minimum Gasteiger partial charge on any atom is -0.313 e. The van der Waals surface area contributed by atoms with Crippen molar-refractivity contribution in [3.8, 4) is 0 Å². The Balaban J connectivity index is 1.92. The van der Waals surface area contributed by atoms with Crippen LogP contribution in [-0.4, -0.2) is 47.6 Å². The Hall–Kier alpha value is -3.13. The van der Waals surface area contributed by atoms with E-state index < -0.39 is 0 Å². The maximum atomic E-state index is 13.5. The monoisotopic (exact) mass is 422 g/mol. The first kappa shape index (κ1) is 21.1. The molecule has 164 valence electrons. The lowest BCUT2D eigenvalue weighted by molar-refractivity contribution is 0.291. The van der Waals surface area contributed by atoms with Crippen molar-refractivity contribution >= 4 is 16.9 Å². The molecule has 0 unspecified atom stereocenters. The number of benzene rings is 1. The summed E-state index contributed by atoms with van der Waals surface area (Å²) in [6, 6.07) is 9.57. The van der Waals surface area contributed by atoms with Gasteiger partial charge in [0.15, 0.2) is 11.2 Å². The van der Waals surface area contributed by atoms with Crippen molar-refractivity contribution in [3.63, 3.8) is 0 Å². The van der Waals surface area contributed by atoms with Gasteiger partial charge in [0, 0.05) is 31.5 Å². The van der Waals surface area contributed by atoms with Crippen LogP contribution in [0.4, 0.5) is 0 Å². The summed E-state index contributed by atoms with van der Waals surface area (Å²) in [6.45, 7) is 12.3. The number of aryl methyl sites for hydroxylation is 2. The van der Waals surface area contributed by atoms with Crippen LogP contribution >= 0.6 is 0 Å². The second-order valence-corrected chi connectivity index (χ2v) is 7.99. The van der Waals surface area contributed by atoms with Gasteiger partial charge in [-0.15, -0.1) is 0 Å². The van der Waals surface area contributed by atoms with Crippen LogP contribution in [0.25, 0.3) is 16.9 Å². The van der Waals surface area contributed by atoms with Crippen molar-refractivity contribution < 1.29 is 0 Å². The third kappa shape index (κ3) is 3.40. The predicted octanol–water partition coefficient (Wildman–Crippen LogP) is 2.16. The molecule has 8 nitrogen and oxygen atoms in total. The molecule has 0 atom stereocenters. The van der Waals surface area contributed by atoms with Crippen molar-refractivity contribution in [1.29, 1.82) is 0 Å². The minimum absolute atomic E-state index is 0.232. The summed E-state index contributed by atoms with van der Waals surface area (Å²) in [4.78, 5) is 33.6. The first-order valence-corrected chi connectivity index (χ1v) is 10.8. The Kier molecular flexibility index (Phi) is 5.58. The maximum absolute atomic E-state index is 13.5. The summed E-state index contributed by atoms with van der Waals surface area (Å²) in [5, 5.41) is 0. The molecule has 1 aromatic carbocycles. The summed E-state index contributed by atoms with van der Waals surface area (Å²) in [5.74, 6) is 0.710. The van der Waals surface area contributed by atoms with Gasteiger partial charge in [-0.1, -0.05) is 44.2 Å². The molecule has 0 fully saturated rings. The van der Waals surface area contributed by atoms with Crippen molar-refractivity contribution in [2.24, 2.45) is 7.05 Å². The van der Waals surface area contributed by atoms with E-state index in [4.69, 9.17) is 4.98 Å². The van der Waals surface area contributed by atoms with Crippen molar-refractivity contribution in [2.45, 2.75) is 40.8 Å². The van der Waals surface area contributed by atoms with E-state index in [1.54, 1.807) is 7.05 Å². The zero-order valence-electron chi connectivity index (χ0n) is 18.9. The number of fused-ring (bicyclic) bond motifs is 3. The summed E-state index contributed by atoms with van der Waals surface area (Å²) in [6.07, 6.45) is 0. The molecule has 0 saturated heterocycles. The Morgan fingerprint density at radius 1 is 0.968 bits per heavy atom. The Morgan fingerprint density at radius 3 is 2.29 bits per heavy atom. The first-order valence-electron chi connectivity index (χ1n) is 10.8. The summed E-state index contributed by atoms with van der Waals surface area (Å²) in [7, 11) is 1.68. The molecule has 0 amide bonds. The molecule has 3 aromatic heterocycles. The molecular weight excluding hydrogens is 392 g/mol. The highest BCUT2D eigenvalue weighted by Gasteiger charge is 2.22. The van der Waals surface area contributed by atoms with Crippen molar-refractivity contribution in [3.05, 3.63) is 68.1 Å². The van der Waals surface area contributed by atoms with Crippen LogP contribution in [0.3, 0.4) is 0 Å². The number of nitrogens with zero attached hydrogens (tertiary/aromatic N) is 6. The quantitative estimate of drug-likeness (QED) is 0.458. The number of imidazole rings is 2. The fourth-order valence-electron chi connectivity index (χ4n) is 4.27. The number of hydrogen-bond acceptors (Lipinski definition) is 4. The Morgan fingerprint density at radius 2 is 1.65 bits per heavy atom. The normalized spacial score (nSPS) is 11.9. The highest BCUT2D eigenvalue weighted by atomic mass is 16.2.